The Morgan fingerprint density at radius 2 is 1.88 bits per heavy atom. The number of thioether (sulfide) groups is 1. The number of carbonyl (C=O) groups is 1. The molecule has 3 aromatic rings. The normalized spacial score (nSPS) is 10.5. The van der Waals surface area contributed by atoms with Crippen molar-refractivity contribution in [2.24, 2.45) is 0 Å². The van der Waals surface area contributed by atoms with Gasteiger partial charge in [-0.1, -0.05) is 42.1 Å². The number of aromatic nitrogens is 2. The Bertz CT molecular complexity index is 925. The smallest absolute Gasteiger partial charge is 0.316 e. The highest BCUT2D eigenvalue weighted by Crippen LogP contribution is 2.18. The molecular weight excluding hydrogens is 326 g/mol. The summed E-state index contributed by atoms with van der Waals surface area (Å²) in [6.07, 6.45) is 0. The fraction of sp³-hybridized carbons (Fsp3) is 0.118. The van der Waals surface area contributed by atoms with Gasteiger partial charge in [0.05, 0.1) is 29.5 Å². The van der Waals surface area contributed by atoms with Gasteiger partial charge in [0.15, 0.2) is 5.16 Å². The summed E-state index contributed by atoms with van der Waals surface area (Å²) in [7, 11) is 1.33. The van der Waals surface area contributed by atoms with Crippen molar-refractivity contribution in [3.05, 3.63) is 65.0 Å². The Kier molecular flexibility index (Phi) is 4.81. The summed E-state index contributed by atoms with van der Waals surface area (Å²) in [6.45, 7) is 0. The number of ether oxygens (including phenoxy) is 1. The third-order valence-corrected chi connectivity index (χ3v) is 4.22. The van der Waals surface area contributed by atoms with Crippen molar-refractivity contribution in [3.8, 4) is 0 Å². The molecule has 0 spiro atoms. The number of para-hydroxylation sites is 2. The topological polar surface area (TPSA) is 73.2 Å². The molecule has 0 radical (unpaired) electrons. The van der Waals surface area contributed by atoms with Crippen LogP contribution in [-0.4, -0.2) is 28.5 Å². The first-order valence-electron chi connectivity index (χ1n) is 7.22. The molecule has 0 fully saturated rings. The molecule has 7 heteroatoms. The SMILES string of the molecule is COC(=O)CSc1nc2ccccc2c(=O)n1Nc1ccccc1. The van der Waals surface area contributed by atoms with Gasteiger partial charge in [0.25, 0.3) is 5.56 Å². The number of nitrogens with one attached hydrogen (secondary N) is 1. The zero-order chi connectivity index (χ0) is 16.9. The van der Waals surface area contributed by atoms with Gasteiger partial charge in [0, 0.05) is 0 Å². The summed E-state index contributed by atoms with van der Waals surface area (Å²) < 4.78 is 6.00. The van der Waals surface area contributed by atoms with E-state index in [1.807, 2.05) is 36.4 Å². The number of hydrogen-bond donors (Lipinski definition) is 1. The summed E-state index contributed by atoms with van der Waals surface area (Å²) in [5, 5.41) is 0.899. The Balaban J connectivity index is 2.07. The van der Waals surface area contributed by atoms with E-state index in [1.54, 1.807) is 18.2 Å². The van der Waals surface area contributed by atoms with Crippen molar-refractivity contribution in [2.75, 3.05) is 18.3 Å². The number of fused-ring (bicyclic) bond motifs is 1. The summed E-state index contributed by atoms with van der Waals surface area (Å²) in [5.74, 6) is -0.314. The Hall–Kier alpha value is -2.80. The first kappa shape index (κ1) is 16.1. The van der Waals surface area contributed by atoms with Crippen LogP contribution in [0.1, 0.15) is 0 Å². The summed E-state index contributed by atoms with van der Waals surface area (Å²) in [6, 6.07) is 16.4. The van der Waals surface area contributed by atoms with E-state index in [0.29, 0.717) is 16.1 Å². The standard InChI is InChI=1S/C17H15N3O3S/c1-23-15(21)11-24-17-18-14-10-6-5-9-13(14)16(22)20(17)19-12-7-3-2-4-8-12/h2-10,19H,11H2,1H3. The Morgan fingerprint density at radius 3 is 2.62 bits per heavy atom. The van der Waals surface area contributed by atoms with Gasteiger partial charge in [-0.15, -0.1) is 0 Å². The fourth-order valence-electron chi connectivity index (χ4n) is 2.13. The minimum absolute atomic E-state index is 0.0672. The Morgan fingerprint density at radius 1 is 1.17 bits per heavy atom. The van der Waals surface area contributed by atoms with Gasteiger partial charge in [-0.05, 0) is 24.3 Å². The van der Waals surface area contributed by atoms with Crippen molar-refractivity contribution in [2.45, 2.75) is 5.16 Å². The second-order valence-corrected chi connectivity index (χ2v) is 5.84. The molecule has 0 aliphatic heterocycles. The molecule has 24 heavy (non-hydrogen) atoms. The molecule has 1 heterocycles. The monoisotopic (exact) mass is 341 g/mol. The number of anilines is 1. The van der Waals surface area contributed by atoms with Crippen molar-refractivity contribution in [3.63, 3.8) is 0 Å². The number of carbonyl (C=O) groups excluding carboxylic acids is 1. The summed E-state index contributed by atoms with van der Waals surface area (Å²) in [5.41, 5.74) is 4.15. The zero-order valence-corrected chi connectivity index (χ0v) is 13.7. The predicted octanol–water partition coefficient (Wildman–Crippen LogP) is 2.54. The van der Waals surface area contributed by atoms with Gasteiger partial charge >= 0.3 is 5.97 Å². The van der Waals surface area contributed by atoms with Crippen LogP contribution in [0.15, 0.2) is 64.5 Å². The molecule has 2 aromatic carbocycles. The van der Waals surface area contributed by atoms with Crippen molar-refractivity contribution in [1.82, 2.24) is 9.66 Å². The van der Waals surface area contributed by atoms with Gasteiger partial charge in [0.2, 0.25) is 0 Å². The summed E-state index contributed by atoms with van der Waals surface area (Å²) in [4.78, 5) is 28.7. The number of rotatable bonds is 5. The largest absolute Gasteiger partial charge is 0.468 e. The molecule has 6 nitrogen and oxygen atoms in total. The van der Waals surface area contributed by atoms with Crippen molar-refractivity contribution in [1.29, 1.82) is 0 Å². The van der Waals surface area contributed by atoms with Gasteiger partial charge in [-0.3, -0.25) is 15.0 Å². The van der Waals surface area contributed by atoms with E-state index in [4.69, 9.17) is 0 Å². The fourth-order valence-corrected chi connectivity index (χ4v) is 2.92. The van der Waals surface area contributed by atoms with E-state index in [1.165, 1.54) is 11.8 Å². The van der Waals surface area contributed by atoms with Crippen molar-refractivity contribution < 1.29 is 9.53 Å². The van der Waals surface area contributed by atoms with Crippen LogP contribution in [0.5, 0.6) is 0 Å². The van der Waals surface area contributed by atoms with Crippen LogP contribution < -0.4 is 11.0 Å². The van der Waals surface area contributed by atoms with Gasteiger partial charge < -0.3 is 4.74 Å². The Labute approximate surface area is 142 Å². The molecule has 0 aliphatic rings. The summed E-state index contributed by atoms with van der Waals surface area (Å²) >= 11 is 1.14. The third-order valence-electron chi connectivity index (χ3n) is 3.31. The lowest BCUT2D eigenvalue weighted by molar-refractivity contribution is -0.137. The van der Waals surface area contributed by atoms with E-state index in [9.17, 15) is 9.59 Å². The second-order valence-electron chi connectivity index (χ2n) is 4.89. The quantitative estimate of drug-likeness (QED) is 0.437. The van der Waals surface area contributed by atoms with E-state index in [-0.39, 0.29) is 17.3 Å². The average Bonchev–Trinajstić information content (AvgIpc) is 2.63. The van der Waals surface area contributed by atoms with Crippen LogP contribution >= 0.6 is 11.8 Å². The van der Waals surface area contributed by atoms with Crippen LogP contribution in [-0.2, 0) is 9.53 Å². The van der Waals surface area contributed by atoms with Crippen LogP contribution in [0.4, 0.5) is 5.69 Å². The molecular formula is C17H15N3O3S. The maximum absolute atomic E-state index is 12.8. The number of nitrogens with zero attached hydrogens (tertiary/aromatic N) is 2. The van der Waals surface area contributed by atoms with Gasteiger partial charge in [0.1, 0.15) is 0 Å². The van der Waals surface area contributed by atoms with Crippen molar-refractivity contribution >= 4 is 34.3 Å². The molecule has 0 atom stereocenters. The maximum atomic E-state index is 12.8. The lowest BCUT2D eigenvalue weighted by atomic mass is 10.2. The van der Waals surface area contributed by atoms with E-state index >= 15 is 0 Å². The lowest BCUT2D eigenvalue weighted by Crippen LogP contribution is -2.29. The molecule has 1 N–H and O–H groups in total. The predicted molar refractivity (Wildman–Crippen MR) is 94.2 cm³/mol. The molecule has 0 bridgehead atoms. The minimum Gasteiger partial charge on any atom is -0.468 e. The first-order chi connectivity index (χ1) is 11.7. The zero-order valence-electron chi connectivity index (χ0n) is 12.9. The van der Waals surface area contributed by atoms with E-state index in [2.05, 4.69) is 15.1 Å². The van der Waals surface area contributed by atoms with Crippen LogP contribution in [0.25, 0.3) is 10.9 Å². The number of methoxy groups -OCH3 is 1. The number of esters is 1. The molecule has 0 saturated heterocycles. The second kappa shape index (κ2) is 7.18. The highest BCUT2D eigenvalue weighted by Gasteiger charge is 2.13. The van der Waals surface area contributed by atoms with E-state index < -0.39 is 0 Å². The molecule has 122 valence electrons. The van der Waals surface area contributed by atoms with Gasteiger partial charge in [-0.25, -0.2) is 4.98 Å². The molecule has 3 rings (SSSR count). The van der Waals surface area contributed by atoms with Crippen LogP contribution in [0.3, 0.4) is 0 Å². The number of benzene rings is 2. The molecule has 1 aromatic heterocycles. The van der Waals surface area contributed by atoms with E-state index in [0.717, 1.165) is 17.4 Å². The molecule has 0 unspecified atom stereocenters. The van der Waals surface area contributed by atoms with Gasteiger partial charge in [-0.2, -0.15) is 4.68 Å². The first-order valence-corrected chi connectivity index (χ1v) is 8.21. The highest BCUT2D eigenvalue weighted by molar-refractivity contribution is 7.99. The molecule has 0 amide bonds. The average molecular weight is 341 g/mol. The van der Waals surface area contributed by atoms with Crippen LogP contribution in [0, 0.1) is 0 Å². The number of hydrogen-bond acceptors (Lipinski definition) is 6. The third kappa shape index (κ3) is 3.41. The molecule has 0 aliphatic carbocycles. The van der Waals surface area contributed by atoms with Crippen LogP contribution in [0.2, 0.25) is 0 Å². The minimum atomic E-state index is -0.381. The molecule has 0 saturated carbocycles. The highest BCUT2D eigenvalue weighted by atomic mass is 32.2. The maximum Gasteiger partial charge on any atom is 0.316 e. The lowest BCUT2D eigenvalue weighted by Gasteiger charge is -2.14.